The second-order valence-corrected chi connectivity index (χ2v) is 10.5. The van der Waals surface area contributed by atoms with Crippen molar-refractivity contribution in [1.29, 1.82) is 0 Å². The smallest absolute Gasteiger partial charge is 0.247 e. The number of hydrogen-bond acceptors (Lipinski definition) is 7. The first-order valence-corrected chi connectivity index (χ1v) is 13.3. The molecule has 4 rings (SSSR count). The van der Waals surface area contributed by atoms with Crippen LogP contribution in [0.15, 0.2) is 53.7 Å². The molecule has 2 amide bonds. The van der Waals surface area contributed by atoms with Crippen LogP contribution in [-0.4, -0.2) is 45.3 Å². The molecule has 1 unspecified atom stereocenters. The molecule has 2 heterocycles. The predicted molar refractivity (Wildman–Crippen MR) is 144 cm³/mol. The number of aryl methyl sites for hydroxylation is 2. The number of thioether (sulfide) groups is 1. The van der Waals surface area contributed by atoms with Crippen molar-refractivity contribution >= 4 is 40.9 Å². The van der Waals surface area contributed by atoms with Crippen molar-refractivity contribution in [3.63, 3.8) is 0 Å². The Morgan fingerprint density at radius 3 is 2.38 bits per heavy atom. The number of ether oxygens (including phenoxy) is 2. The van der Waals surface area contributed by atoms with E-state index in [1.54, 1.807) is 35.2 Å². The first-order chi connectivity index (χ1) is 17.7. The topological polar surface area (TPSA) is 93.7 Å². The molecule has 1 atom stereocenters. The highest BCUT2D eigenvalue weighted by molar-refractivity contribution is 7.99. The Labute approximate surface area is 225 Å². The van der Waals surface area contributed by atoms with E-state index >= 15 is 0 Å². The number of amides is 2. The van der Waals surface area contributed by atoms with Crippen molar-refractivity contribution in [2.24, 2.45) is 5.92 Å². The Morgan fingerprint density at radius 2 is 1.70 bits per heavy atom. The molecule has 0 saturated carbocycles. The van der Waals surface area contributed by atoms with Gasteiger partial charge in [0.1, 0.15) is 6.04 Å². The van der Waals surface area contributed by atoms with Gasteiger partial charge >= 0.3 is 0 Å². The summed E-state index contributed by atoms with van der Waals surface area (Å²) < 4.78 is 10.8. The van der Waals surface area contributed by atoms with E-state index in [4.69, 9.17) is 21.1 Å². The van der Waals surface area contributed by atoms with Crippen molar-refractivity contribution in [3.8, 4) is 11.5 Å². The second kappa shape index (κ2) is 11.8. The average Bonchev–Trinajstić information content (AvgIpc) is 3.30. The van der Waals surface area contributed by atoms with Gasteiger partial charge in [0, 0.05) is 34.7 Å². The first-order valence-electron chi connectivity index (χ1n) is 11.9. The summed E-state index contributed by atoms with van der Waals surface area (Å²) >= 11 is 7.33. The van der Waals surface area contributed by atoms with Crippen LogP contribution in [0.25, 0.3) is 0 Å². The Hall–Kier alpha value is -3.30. The van der Waals surface area contributed by atoms with Gasteiger partial charge in [0.05, 0.1) is 5.75 Å². The summed E-state index contributed by atoms with van der Waals surface area (Å²) in [5, 5.41) is 4.08. The van der Waals surface area contributed by atoms with Gasteiger partial charge in [0.15, 0.2) is 16.7 Å². The Balaban J connectivity index is 1.57. The second-order valence-electron chi connectivity index (χ2n) is 9.12. The highest BCUT2D eigenvalue weighted by Crippen LogP contribution is 2.34. The maximum absolute atomic E-state index is 13.6. The third kappa shape index (κ3) is 6.93. The van der Waals surface area contributed by atoms with Crippen molar-refractivity contribution < 1.29 is 19.1 Å². The molecule has 0 spiro atoms. The molecule has 1 aliphatic heterocycles. The van der Waals surface area contributed by atoms with E-state index in [0.717, 1.165) is 17.0 Å². The van der Waals surface area contributed by atoms with Crippen molar-refractivity contribution in [2.75, 3.05) is 17.9 Å². The fourth-order valence-electron chi connectivity index (χ4n) is 4.09. The Kier molecular flexibility index (Phi) is 8.56. The van der Waals surface area contributed by atoms with Crippen LogP contribution in [0.3, 0.4) is 0 Å². The van der Waals surface area contributed by atoms with Gasteiger partial charge in [-0.1, -0.05) is 49.3 Å². The fraction of sp³-hybridized carbons (Fsp3) is 0.333. The maximum Gasteiger partial charge on any atom is 0.247 e. The summed E-state index contributed by atoms with van der Waals surface area (Å²) in [7, 11) is 0. The standard InChI is InChI=1S/C27H29ClN4O4S/c1-16(2)25(26(34)31-21-9-10-22-23(12-21)36-15-35-22)32(13-19-5-7-20(28)8-6-19)24(33)14-37-27-29-17(3)11-18(4)30-27/h5-12,16,25H,13-15H2,1-4H3,(H,31,34). The molecule has 2 aromatic carbocycles. The lowest BCUT2D eigenvalue weighted by Crippen LogP contribution is -2.50. The van der Waals surface area contributed by atoms with Gasteiger partial charge in [-0.2, -0.15) is 0 Å². The summed E-state index contributed by atoms with van der Waals surface area (Å²) in [6, 6.07) is 13.6. The SMILES string of the molecule is Cc1cc(C)nc(SCC(=O)N(Cc2ccc(Cl)cc2)C(C(=O)Nc2ccc3c(c2)OCO3)C(C)C)n1. The molecular weight excluding hydrogens is 512 g/mol. The number of hydrogen-bond donors (Lipinski definition) is 1. The zero-order valence-corrected chi connectivity index (χ0v) is 22.7. The number of carbonyl (C=O) groups is 2. The van der Waals surface area contributed by atoms with Crippen LogP contribution in [-0.2, 0) is 16.1 Å². The largest absolute Gasteiger partial charge is 0.454 e. The predicted octanol–water partition coefficient (Wildman–Crippen LogP) is 5.26. The van der Waals surface area contributed by atoms with Gasteiger partial charge in [0.2, 0.25) is 18.6 Å². The molecule has 1 aliphatic rings. The molecule has 194 valence electrons. The minimum atomic E-state index is -0.727. The third-order valence-corrected chi connectivity index (χ3v) is 6.83. The molecular formula is C27H29ClN4O4S. The minimum Gasteiger partial charge on any atom is -0.454 e. The quantitative estimate of drug-likeness (QED) is 0.292. The van der Waals surface area contributed by atoms with Crippen LogP contribution in [0.5, 0.6) is 11.5 Å². The van der Waals surface area contributed by atoms with Crippen molar-refractivity contribution in [2.45, 2.75) is 45.4 Å². The molecule has 0 aliphatic carbocycles. The normalized spacial score (nSPS) is 12.9. The number of fused-ring (bicyclic) bond motifs is 1. The van der Waals surface area contributed by atoms with E-state index in [1.165, 1.54) is 11.8 Å². The van der Waals surface area contributed by atoms with E-state index in [2.05, 4.69) is 15.3 Å². The highest BCUT2D eigenvalue weighted by Gasteiger charge is 2.33. The minimum absolute atomic E-state index is 0.0943. The molecule has 0 bridgehead atoms. The first kappa shape index (κ1) is 26.8. The van der Waals surface area contributed by atoms with E-state index in [1.807, 2.05) is 45.9 Å². The summed E-state index contributed by atoms with van der Waals surface area (Å²) in [5.41, 5.74) is 3.11. The zero-order chi connectivity index (χ0) is 26.5. The summed E-state index contributed by atoms with van der Waals surface area (Å²) in [5.74, 6) is 0.650. The number of aromatic nitrogens is 2. The monoisotopic (exact) mass is 540 g/mol. The van der Waals surface area contributed by atoms with Crippen LogP contribution in [0.1, 0.15) is 30.8 Å². The molecule has 10 heteroatoms. The van der Waals surface area contributed by atoms with Crippen LogP contribution in [0.2, 0.25) is 5.02 Å². The molecule has 3 aromatic rings. The Morgan fingerprint density at radius 1 is 1.03 bits per heavy atom. The number of nitrogens with one attached hydrogen (secondary N) is 1. The van der Waals surface area contributed by atoms with Gasteiger partial charge in [0.25, 0.3) is 0 Å². The molecule has 0 radical (unpaired) electrons. The molecule has 0 fully saturated rings. The lowest BCUT2D eigenvalue weighted by molar-refractivity contribution is -0.138. The molecule has 1 aromatic heterocycles. The number of halogens is 1. The van der Waals surface area contributed by atoms with Gasteiger partial charge in [-0.25, -0.2) is 9.97 Å². The summed E-state index contributed by atoms with van der Waals surface area (Å²) in [6.45, 7) is 8.03. The number of carbonyl (C=O) groups excluding carboxylic acids is 2. The number of benzene rings is 2. The van der Waals surface area contributed by atoms with Gasteiger partial charge < -0.3 is 19.7 Å². The van der Waals surface area contributed by atoms with E-state index in [-0.39, 0.29) is 36.8 Å². The molecule has 8 nitrogen and oxygen atoms in total. The fourth-order valence-corrected chi connectivity index (χ4v) is 5.05. The van der Waals surface area contributed by atoms with Gasteiger partial charge in [-0.15, -0.1) is 0 Å². The van der Waals surface area contributed by atoms with Crippen molar-refractivity contribution in [3.05, 3.63) is 70.5 Å². The maximum atomic E-state index is 13.6. The lowest BCUT2D eigenvalue weighted by atomic mass is 10.00. The average molecular weight is 541 g/mol. The van der Waals surface area contributed by atoms with Gasteiger partial charge in [-0.3, -0.25) is 9.59 Å². The van der Waals surface area contributed by atoms with E-state index in [0.29, 0.717) is 27.4 Å². The van der Waals surface area contributed by atoms with Crippen LogP contribution < -0.4 is 14.8 Å². The van der Waals surface area contributed by atoms with Crippen LogP contribution in [0, 0.1) is 19.8 Å². The molecule has 1 N–H and O–H groups in total. The summed E-state index contributed by atoms with van der Waals surface area (Å²) in [4.78, 5) is 37.7. The van der Waals surface area contributed by atoms with Crippen molar-refractivity contribution in [1.82, 2.24) is 14.9 Å². The lowest BCUT2D eigenvalue weighted by Gasteiger charge is -2.33. The Bertz CT molecular complexity index is 1270. The van der Waals surface area contributed by atoms with Crippen LogP contribution in [0.4, 0.5) is 5.69 Å². The molecule has 37 heavy (non-hydrogen) atoms. The highest BCUT2D eigenvalue weighted by atomic mass is 35.5. The zero-order valence-electron chi connectivity index (χ0n) is 21.2. The summed E-state index contributed by atoms with van der Waals surface area (Å²) in [6.07, 6.45) is 0. The molecule has 0 saturated heterocycles. The number of nitrogens with zero attached hydrogens (tertiary/aromatic N) is 3. The van der Waals surface area contributed by atoms with Crippen LogP contribution >= 0.6 is 23.4 Å². The third-order valence-electron chi connectivity index (χ3n) is 5.75. The van der Waals surface area contributed by atoms with Gasteiger partial charge in [-0.05, 0) is 55.7 Å². The van der Waals surface area contributed by atoms with E-state index in [9.17, 15) is 9.59 Å². The number of anilines is 1. The van der Waals surface area contributed by atoms with E-state index < -0.39 is 6.04 Å². The number of rotatable bonds is 9.